The van der Waals surface area contributed by atoms with Gasteiger partial charge in [-0.1, -0.05) is 81.8 Å². The van der Waals surface area contributed by atoms with Gasteiger partial charge in [0.25, 0.3) is 0 Å². The van der Waals surface area contributed by atoms with Gasteiger partial charge in [0, 0.05) is 5.02 Å². The molecule has 0 radical (unpaired) electrons. The Morgan fingerprint density at radius 1 is 0.750 bits per heavy atom. The molecule has 0 bridgehead atoms. The second-order valence-electron chi connectivity index (χ2n) is 8.39. The number of aryl methyl sites for hydroxylation is 1. The van der Waals surface area contributed by atoms with Gasteiger partial charge >= 0.3 is 0 Å². The molecule has 24 heavy (non-hydrogen) atoms. The largest absolute Gasteiger partial charge is 0.0843 e. The summed E-state index contributed by atoms with van der Waals surface area (Å²) in [5, 5.41) is 0.816. The molecule has 0 aliphatic heterocycles. The molecule has 0 nitrogen and oxygen atoms in total. The van der Waals surface area contributed by atoms with Crippen molar-refractivity contribution in [2.24, 2.45) is 5.41 Å². The molecule has 130 valence electrons. The van der Waals surface area contributed by atoms with Crippen molar-refractivity contribution >= 4 is 11.6 Å². The van der Waals surface area contributed by atoms with Gasteiger partial charge in [-0.15, -0.1) is 0 Å². The maximum absolute atomic E-state index is 6.02. The Bertz CT molecular complexity index is 608. The van der Waals surface area contributed by atoms with Crippen molar-refractivity contribution in [2.75, 3.05) is 0 Å². The van der Waals surface area contributed by atoms with E-state index in [1.807, 2.05) is 12.1 Å². The molecule has 2 rings (SSSR count). The first-order valence-corrected chi connectivity index (χ1v) is 9.46. The lowest BCUT2D eigenvalue weighted by atomic mass is 9.73. The van der Waals surface area contributed by atoms with Gasteiger partial charge in [0.1, 0.15) is 0 Å². The van der Waals surface area contributed by atoms with Crippen molar-refractivity contribution in [1.82, 2.24) is 0 Å². The Kier molecular flexibility index (Phi) is 6.52. The van der Waals surface area contributed by atoms with Crippen LogP contribution in [0.15, 0.2) is 54.6 Å². The Balaban J connectivity index is 1.83. The lowest BCUT2D eigenvalue weighted by Crippen LogP contribution is -2.22. The minimum Gasteiger partial charge on any atom is -0.0843 e. The number of rotatable bonds is 8. The molecule has 2 aromatic carbocycles. The molecule has 0 aromatic heterocycles. The summed E-state index contributed by atoms with van der Waals surface area (Å²) in [6, 6.07) is 19.2. The van der Waals surface area contributed by atoms with Crippen LogP contribution in [0.5, 0.6) is 0 Å². The third kappa shape index (κ3) is 5.98. The van der Waals surface area contributed by atoms with E-state index >= 15 is 0 Å². The smallest absolute Gasteiger partial charge is 0.0406 e. The second kappa shape index (κ2) is 8.21. The van der Waals surface area contributed by atoms with E-state index in [-0.39, 0.29) is 5.41 Å². The highest BCUT2D eigenvalue weighted by Crippen LogP contribution is 2.36. The third-order valence-electron chi connectivity index (χ3n) is 5.21. The number of hydrogen-bond acceptors (Lipinski definition) is 0. The molecule has 0 amide bonds. The zero-order chi connectivity index (χ0) is 17.6. The summed E-state index contributed by atoms with van der Waals surface area (Å²) >= 11 is 6.02. The Morgan fingerprint density at radius 2 is 1.38 bits per heavy atom. The fraction of sp³-hybridized carbons (Fsp3) is 0.478. The molecule has 2 aromatic rings. The summed E-state index contributed by atoms with van der Waals surface area (Å²) in [5.74, 6) is 0. The van der Waals surface area contributed by atoms with Gasteiger partial charge in [0.2, 0.25) is 0 Å². The first-order chi connectivity index (χ1) is 11.3. The first kappa shape index (κ1) is 19.1. The van der Waals surface area contributed by atoms with Crippen LogP contribution in [0.1, 0.15) is 64.5 Å². The lowest BCUT2D eigenvalue weighted by molar-refractivity contribution is 0.261. The third-order valence-corrected chi connectivity index (χ3v) is 5.47. The highest BCUT2D eigenvalue weighted by Gasteiger charge is 2.25. The van der Waals surface area contributed by atoms with E-state index in [4.69, 9.17) is 11.6 Å². The number of benzene rings is 2. The SMILES string of the molecule is CC(C)(CCCc1ccccc1)CCC(C)(C)c1ccc(Cl)cc1. The Hall–Kier alpha value is -1.27. The second-order valence-corrected chi connectivity index (χ2v) is 8.83. The van der Waals surface area contributed by atoms with Crippen molar-refractivity contribution in [3.05, 3.63) is 70.7 Å². The predicted molar refractivity (Wildman–Crippen MR) is 107 cm³/mol. The molecule has 0 N–H and O–H groups in total. The Labute approximate surface area is 153 Å². The van der Waals surface area contributed by atoms with E-state index in [0.717, 1.165) is 5.02 Å². The highest BCUT2D eigenvalue weighted by molar-refractivity contribution is 6.30. The molecule has 0 heterocycles. The lowest BCUT2D eigenvalue weighted by Gasteiger charge is -2.32. The van der Waals surface area contributed by atoms with Crippen molar-refractivity contribution in [2.45, 2.75) is 65.2 Å². The van der Waals surface area contributed by atoms with Gasteiger partial charge in [0.05, 0.1) is 0 Å². The van der Waals surface area contributed by atoms with Crippen LogP contribution in [0.25, 0.3) is 0 Å². The normalized spacial score (nSPS) is 12.4. The molecular formula is C23H31Cl. The fourth-order valence-corrected chi connectivity index (χ4v) is 3.36. The average Bonchev–Trinajstić information content (AvgIpc) is 2.55. The summed E-state index contributed by atoms with van der Waals surface area (Å²) in [7, 11) is 0. The molecule has 1 heteroatoms. The van der Waals surface area contributed by atoms with Gasteiger partial charge in [-0.05, 0) is 66.2 Å². The molecule has 0 spiro atoms. The van der Waals surface area contributed by atoms with Crippen molar-refractivity contribution < 1.29 is 0 Å². The van der Waals surface area contributed by atoms with Gasteiger partial charge in [-0.2, -0.15) is 0 Å². The van der Waals surface area contributed by atoms with E-state index in [1.54, 1.807) is 0 Å². The quantitative estimate of drug-likeness (QED) is 0.467. The maximum atomic E-state index is 6.02. The van der Waals surface area contributed by atoms with E-state index in [0.29, 0.717) is 5.41 Å². The highest BCUT2D eigenvalue weighted by atomic mass is 35.5. The minimum absolute atomic E-state index is 0.196. The van der Waals surface area contributed by atoms with Crippen molar-refractivity contribution in [1.29, 1.82) is 0 Å². The molecule has 0 saturated carbocycles. The first-order valence-electron chi connectivity index (χ1n) is 9.09. The average molecular weight is 343 g/mol. The molecular weight excluding hydrogens is 312 g/mol. The summed E-state index contributed by atoms with van der Waals surface area (Å²) in [6.07, 6.45) is 6.17. The summed E-state index contributed by atoms with van der Waals surface area (Å²) in [5.41, 5.74) is 3.42. The van der Waals surface area contributed by atoms with Crippen LogP contribution in [-0.2, 0) is 11.8 Å². The van der Waals surface area contributed by atoms with E-state index in [9.17, 15) is 0 Å². The molecule has 0 unspecified atom stereocenters. The zero-order valence-corrected chi connectivity index (χ0v) is 16.4. The fourth-order valence-electron chi connectivity index (χ4n) is 3.24. The monoisotopic (exact) mass is 342 g/mol. The summed E-state index contributed by atoms with van der Waals surface area (Å²) in [4.78, 5) is 0. The van der Waals surface area contributed by atoms with Crippen LogP contribution < -0.4 is 0 Å². The van der Waals surface area contributed by atoms with E-state index < -0.39 is 0 Å². The van der Waals surface area contributed by atoms with Gasteiger partial charge in [-0.25, -0.2) is 0 Å². The number of hydrogen-bond donors (Lipinski definition) is 0. The van der Waals surface area contributed by atoms with Crippen LogP contribution in [0, 0.1) is 5.41 Å². The van der Waals surface area contributed by atoms with Crippen LogP contribution in [0.4, 0.5) is 0 Å². The summed E-state index contributed by atoms with van der Waals surface area (Å²) < 4.78 is 0. The van der Waals surface area contributed by atoms with Crippen molar-refractivity contribution in [3.8, 4) is 0 Å². The van der Waals surface area contributed by atoms with E-state index in [1.165, 1.54) is 43.2 Å². The molecule has 0 aliphatic carbocycles. The molecule has 0 saturated heterocycles. The Morgan fingerprint density at radius 3 is 2.00 bits per heavy atom. The summed E-state index contributed by atoms with van der Waals surface area (Å²) in [6.45, 7) is 9.51. The van der Waals surface area contributed by atoms with Crippen LogP contribution >= 0.6 is 11.6 Å². The van der Waals surface area contributed by atoms with Crippen molar-refractivity contribution in [3.63, 3.8) is 0 Å². The van der Waals surface area contributed by atoms with Crippen LogP contribution in [0.2, 0.25) is 5.02 Å². The van der Waals surface area contributed by atoms with Gasteiger partial charge in [-0.3, -0.25) is 0 Å². The molecule has 0 aliphatic rings. The minimum atomic E-state index is 0.196. The molecule has 0 fully saturated rings. The predicted octanol–water partition coefficient (Wildman–Crippen LogP) is 7.45. The molecule has 0 atom stereocenters. The van der Waals surface area contributed by atoms with Gasteiger partial charge in [0.15, 0.2) is 0 Å². The van der Waals surface area contributed by atoms with E-state index in [2.05, 4.69) is 70.2 Å². The number of halogens is 1. The zero-order valence-electron chi connectivity index (χ0n) is 15.6. The topological polar surface area (TPSA) is 0 Å². The standard InChI is InChI=1S/C23H31Cl/c1-22(2,16-8-11-19-9-6-5-7-10-19)17-18-23(3,4)20-12-14-21(24)15-13-20/h5-7,9-10,12-15H,8,11,16-18H2,1-4H3. The van der Waals surface area contributed by atoms with Gasteiger partial charge < -0.3 is 0 Å². The van der Waals surface area contributed by atoms with Crippen LogP contribution in [0.3, 0.4) is 0 Å². The maximum Gasteiger partial charge on any atom is 0.0406 e. The van der Waals surface area contributed by atoms with Crippen LogP contribution in [-0.4, -0.2) is 0 Å².